The fourth-order valence-corrected chi connectivity index (χ4v) is 2.39. The minimum absolute atomic E-state index is 0.103. The number of β-amino-alcohol motifs (C(OH)–C–C–N with tert-alkyl or cyclic N) is 1. The lowest BCUT2D eigenvalue weighted by atomic mass is 10.2. The predicted octanol–water partition coefficient (Wildman–Crippen LogP) is 0.0143. The van der Waals surface area contributed by atoms with Crippen LogP contribution in [0.2, 0.25) is 0 Å². The molecule has 0 bridgehead atoms. The van der Waals surface area contributed by atoms with Crippen LogP contribution < -0.4 is 5.32 Å². The molecule has 1 saturated carbocycles. The van der Waals surface area contributed by atoms with Crippen molar-refractivity contribution >= 4 is 12.0 Å². The molecule has 0 spiro atoms. The highest BCUT2D eigenvalue weighted by molar-refractivity contribution is 5.83. The number of aliphatic hydroxyl groups is 1. The van der Waals surface area contributed by atoms with Gasteiger partial charge in [0.15, 0.2) is 0 Å². The molecule has 4 atom stereocenters. The van der Waals surface area contributed by atoms with E-state index < -0.39 is 18.1 Å². The molecule has 0 aromatic heterocycles. The standard InChI is InChI=1S/C11H18N2O4/c1-2-6-3-8(6)12-11(17)13-5-7(14)4-9(13)10(15)16/h6-9,14H,2-5H2,1H3,(H,12,17)(H,15,16). The molecule has 6 nitrogen and oxygen atoms in total. The second-order valence-corrected chi connectivity index (χ2v) is 4.86. The van der Waals surface area contributed by atoms with Crippen molar-refractivity contribution in [3.63, 3.8) is 0 Å². The first-order valence-corrected chi connectivity index (χ1v) is 6.01. The molecule has 1 aliphatic heterocycles. The molecule has 1 heterocycles. The molecule has 1 aliphatic carbocycles. The number of carbonyl (C=O) groups excluding carboxylic acids is 1. The molecule has 2 rings (SSSR count). The summed E-state index contributed by atoms with van der Waals surface area (Å²) < 4.78 is 0. The van der Waals surface area contributed by atoms with Crippen LogP contribution in [0.4, 0.5) is 4.79 Å². The quantitative estimate of drug-likeness (QED) is 0.650. The Hall–Kier alpha value is -1.30. The molecule has 0 aromatic carbocycles. The Labute approximate surface area is 99.6 Å². The largest absolute Gasteiger partial charge is 0.480 e. The van der Waals surface area contributed by atoms with Gasteiger partial charge in [-0.3, -0.25) is 0 Å². The van der Waals surface area contributed by atoms with E-state index in [1.807, 2.05) is 0 Å². The number of carboxylic acids is 1. The zero-order chi connectivity index (χ0) is 12.6. The Morgan fingerprint density at radius 1 is 1.41 bits per heavy atom. The highest BCUT2D eigenvalue weighted by Crippen LogP contribution is 2.33. The van der Waals surface area contributed by atoms with Gasteiger partial charge in [-0.2, -0.15) is 0 Å². The molecule has 4 unspecified atom stereocenters. The molecule has 96 valence electrons. The van der Waals surface area contributed by atoms with E-state index in [-0.39, 0.29) is 25.0 Å². The van der Waals surface area contributed by atoms with Crippen molar-refractivity contribution in [2.24, 2.45) is 5.92 Å². The molecule has 0 aromatic rings. The van der Waals surface area contributed by atoms with Crippen molar-refractivity contribution in [3.8, 4) is 0 Å². The first-order valence-electron chi connectivity index (χ1n) is 6.01. The number of hydrogen-bond acceptors (Lipinski definition) is 3. The summed E-state index contributed by atoms with van der Waals surface area (Å²) in [5.41, 5.74) is 0. The monoisotopic (exact) mass is 242 g/mol. The van der Waals surface area contributed by atoms with Gasteiger partial charge in [0, 0.05) is 19.0 Å². The number of likely N-dealkylation sites (tertiary alicyclic amines) is 1. The van der Waals surface area contributed by atoms with E-state index in [4.69, 9.17) is 5.11 Å². The van der Waals surface area contributed by atoms with Gasteiger partial charge >= 0.3 is 12.0 Å². The van der Waals surface area contributed by atoms with Crippen molar-refractivity contribution in [2.75, 3.05) is 6.54 Å². The molecule has 17 heavy (non-hydrogen) atoms. The van der Waals surface area contributed by atoms with Crippen LogP contribution in [-0.2, 0) is 4.79 Å². The average Bonchev–Trinajstić information content (AvgIpc) is 2.89. The number of aliphatic hydroxyl groups excluding tert-OH is 1. The normalized spacial score (nSPS) is 35.8. The van der Waals surface area contributed by atoms with Crippen molar-refractivity contribution in [1.29, 1.82) is 0 Å². The maximum Gasteiger partial charge on any atom is 0.326 e. The minimum Gasteiger partial charge on any atom is -0.480 e. The summed E-state index contributed by atoms with van der Waals surface area (Å²) >= 11 is 0. The second-order valence-electron chi connectivity index (χ2n) is 4.86. The Bertz CT molecular complexity index is 333. The third-order valence-corrected chi connectivity index (χ3v) is 3.58. The topological polar surface area (TPSA) is 89.9 Å². The first kappa shape index (κ1) is 12.2. The molecule has 2 aliphatic rings. The number of aliphatic carboxylic acids is 1. The molecular formula is C11H18N2O4. The van der Waals surface area contributed by atoms with Crippen LogP contribution in [0.5, 0.6) is 0 Å². The number of amides is 2. The summed E-state index contributed by atoms with van der Waals surface area (Å²) in [4.78, 5) is 24.0. The number of nitrogens with zero attached hydrogens (tertiary/aromatic N) is 1. The Morgan fingerprint density at radius 3 is 2.65 bits per heavy atom. The van der Waals surface area contributed by atoms with Crippen LogP contribution in [0.1, 0.15) is 26.2 Å². The number of carboxylic acid groups (broad SMARTS) is 1. The zero-order valence-electron chi connectivity index (χ0n) is 9.80. The zero-order valence-corrected chi connectivity index (χ0v) is 9.80. The molecule has 2 fully saturated rings. The van der Waals surface area contributed by atoms with E-state index in [1.165, 1.54) is 4.90 Å². The summed E-state index contributed by atoms with van der Waals surface area (Å²) in [6.07, 6.45) is 1.37. The number of carbonyl (C=O) groups is 2. The van der Waals surface area contributed by atoms with Crippen molar-refractivity contribution in [1.82, 2.24) is 10.2 Å². The Balaban J connectivity index is 1.91. The van der Waals surface area contributed by atoms with E-state index in [0.717, 1.165) is 12.8 Å². The first-order chi connectivity index (χ1) is 8.02. The Kier molecular flexibility index (Phi) is 3.24. The van der Waals surface area contributed by atoms with Crippen LogP contribution in [-0.4, -0.2) is 51.8 Å². The number of rotatable bonds is 3. The molecule has 3 N–H and O–H groups in total. The number of hydrogen-bond donors (Lipinski definition) is 3. The average molecular weight is 242 g/mol. The van der Waals surface area contributed by atoms with E-state index in [0.29, 0.717) is 5.92 Å². The van der Waals surface area contributed by atoms with Gasteiger partial charge in [-0.15, -0.1) is 0 Å². The Morgan fingerprint density at radius 2 is 2.12 bits per heavy atom. The molecule has 1 saturated heterocycles. The van der Waals surface area contributed by atoms with Gasteiger partial charge in [0.1, 0.15) is 6.04 Å². The summed E-state index contributed by atoms with van der Waals surface area (Å²) in [5, 5.41) is 21.2. The maximum atomic E-state index is 11.9. The van der Waals surface area contributed by atoms with Gasteiger partial charge in [0.2, 0.25) is 0 Å². The van der Waals surface area contributed by atoms with Gasteiger partial charge < -0.3 is 20.4 Å². The van der Waals surface area contributed by atoms with Crippen molar-refractivity contribution in [3.05, 3.63) is 0 Å². The molecular weight excluding hydrogens is 224 g/mol. The molecule has 0 radical (unpaired) electrons. The third kappa shape index (κ3) is 2.52. The lowest BCUT2D eigenvalue weighted by molar-refractivity contribution is -0.141. The fourth-order valence-electron chi connectivity index (χ4n) is 2.39. The highest BCUT2D eigenvalue weighted by Gasteiger charge is 2.42. The van der Waals surface area contributed by atoms with Crippen LogP contribution >= 0.6 is 0 Å². The summed E-state index contributed by atoms with van der Waals surface area (Å²) in [6, 6.07) is -1.08. The number of nitrogens with one attached hydrogen (secondary N) is 1. The fraction of sp³-hybridized carbons (Fsp3) is 0.818. The van der Waals surface area contributed by atoms with Gasteiger partial charge in [-0.25, -0.2) is 9.59 Å². The number of urea groups is 1. The van der Waals surface area contributed by atoms with Gasteiger partial charge in [0.25, 0.3) is 0 Å². The lowest BCUT2D eigenvalue weighted by Gasteiger charge is -2.21. The van der Waals surface area contributed by atoms with Crippen LogP contribution in [0.3, 0.4) is 0 Å². The lowest BCUT2D eigenvalue weighted by Crippen LogP contribution is -2.47. The van der Waals surface area contributed by atoms with E-state index >= 15 is 0 Å². The van der Waals surface area contributed by atoms with E-state index in [2.05, 4.69) is 12.2 Å². The van der Waals surface area contributed by atoms with Crippen LogP contribution in [0.25, 0.3) is 0 Å². The van der Waals surface area contributed by atoms with E-state index in [1.54, 1.807) is 0 Å². The molecule has 2 amide bonds. The minimum atomic E-state index is -1.06. The summed E-state index contributed by atoms with van der Waals surface area (Å²) in [6.45, 7) is 2.17. The van der Waals surface area contributed by atoms with Crippen molar-refractivity contribution < 1.29 is 19.8 Å². The van der Waals surface area contributed by atoms with Crippen molar-refractivity contribution in [2.45, 2.75) is 44.4 Å². The summed E-state index contributed by atoms with van der Waals surface area (Å²) in [7, 11) is 0. The smallest absolute Gasteiger partial charge is 0.326 e. The van der Waals surface area contributed by atoms with Gasteiger partial charge in [-0.05, 0) is 12.3 Å². The van der Waals surface area contributed by atoms with Gasteiger partial charge in [-0.1, -0.05) is 13.3 Å². The predicted molar refractivity (Wildman–Crippen MR) is 59.5 cm³/mol. The van der Waals surface area contributed by atoms with Gasteiger partial charge in [0.05, 0.1) is 6.10 Å². The second kappa shape index (κ2) is 4.52. The van der Waals surface area contributed by atoms with Crippen LogP contribution in [0.15, 0.2) is 0 Å². The van der Waals surface area contributed by atoms with Crippen LogP contribution in [0, 0.1) is 5.92 Å². The third-order valence-electron chi connectivity index (χ3n) is 3.58. The maximum absolute atomic E-state index is 11.9. The van der Waals surface area contributed by atoms with E-state index in [9.17, 15) is 14.7 Å². The highest BCUT2D eigenvalue weighted by atomic mass is 16.4. The summed E-state index contributed by atoms with van der Waals surface area (Å²) in [5.74, 6) is -0.533. The molecule has 6 heteroatoms. The SMILES string of the molecule is CCC1CC1NC(=O)N1CC(O)CC1C(=O)O.